The largest absolute Gasteiger partial charge is 0.441 e. The number of aryl methyl sites for hydroxylation is 1. The summed E-state index contributed by atoms with van der Waals surface area (Å²) in [5.41, 5.74) is 0.139. The van der Waals surface area contributed by atoms with Crippen molar-refractivity contribution in [3.05, 3.63) is 64.3 Å². The van der Waals surface area contributed by atoms with Crippen LogP contribution in [0, 0.1) is 11.6 Å². The molecule has 7 heteroatoms. The van der Waals surface area contributed by atoms with Gasteiger partial charge in [-0.05, 0) is 30.5 Å². The standard InChI is InChI=1S/C19H18F2N2O2S/c1-12(17-4-3-9-26-17)23(2)19(24)8-7-18-22-11-16(25-18)14-6-5-13(20)10-15(14)21/h3-6,9-12H,7-8H2,1-2H3. The van der Waals surface area contributed by atoms with Crippen molar-refractivity contribution in [2.75, 3.05) is 7.05 Å². The lowest BCUT2D eigenvalue weighted by atomic mass is 10.2. The van der Waals surface area contributed by atoms with Gasteiger partial charge in [-0.25, -0.2) is 13.8 Å². The first-order chi connectivity index (χ1) is 12.5. The number of thiophene rings is 1. The van der Waals surface area contributed by atoms with E-state index >= 15 is 0 Å². The van der Waals surface area contributed by atoms with Crippen molar-refractivity contribution < 1.29 is 18.0 Å². The molecule has 0 fully saturated rings. The summed E-state index contributed by atoms with van der Waals surface area (Å²) in [6.07, 6.45) is 1.93. The lowest BCUT2D eigenvalue weighted by molar-refractivity contribution is -0.131. The minimum atomic E-state index is -0.715. The molecule has 0 bridgehead atoms. The van der Waals surface area contributed by atoms with Crippen LogP contribution in [0.2, 0.25) is 0 Å². The third-order valence-corrected chi connectivity index (χ3v) is 5.27. The van der Waals surface area contributed by atoms with E-state index in [4.69, 9.17) is 4.42 Å². The maximum absolute atomic E-state index is 13.8. The molecule has 0 saturated heterocycles. The molecule has 1 amide bonds. The van der Waals surface area contributed by atoms with Crippen LogP contribution in [-0.2, 0) is 11.2 Å². The molecule has 2 heterocycles. The van der Waals surface area contributed by atoms with Gasteiger partial charge in [0.25, 0.3) is 0 Å². The number of rotatable bonds is 6. The van der Waals surface area contributed by atoms with E-state index in [0.717, 1.165) is 17.0 Å². The number of hydrogen-bond acceptors (Lipinski definition) is 4. The van der Waals surface area contributed by atoms with Gasteiger partial charge in [0.1, 0.15) is 11.6 Å². The maximum Gasteiger partial charge on any atom is 0.223 e. The Kier molecular flexibility index (Phi) is 5.46. The van der Waals surface area contributed by atoms with E-state index in [2.05, 4.69) is 4.98 Å². The van der Waals surface area contributed by atoms with Gasteiger partial charge in [0.05, 0.1) is 17.8 Å². The van der Waals surface area contributed by atoms with E-state index in [0.29, 0.717) is 12.3 Å². The summed E-state index contributed by atoms with van der Waals surface area (Å²) in [6.45, 7) is 1.98. The van der Waals surface area contributed by atoms with Crippen LogP contribution in [0.25, 0.3) is 11.3 Å². The Morgan fingerprint density at radius 1 is 1.35 bits per heavy atom. The van der Waals surface area contributed by atoms with E-state index in [1.54, 1.807) is 23.3 Å². The molecule has 1 aromatic carbocycles. The van der Waals surface area contributed by atoms with Crippen molar-refractivity contribution in [3.63, 3.8) is 0 Å². The molecule has 136 valence electrons. The number of oxazole rings is 1. The number of carbonyl (C=O) groups is 1. The van der Waals surface area contributed by atoms with Crippen LogP contribution in [0.4, 0.5) is 8.78 Å². The van der Waals surface area contributed by atoms with Crippen molar-refractivity contribution in [2.45, 2.75) is 25.8 Å². The third kappa shape index (κ3) is 3.99. The fraction of sp³-hybridized carbons (Fsp3) is 0.263. The second kappa shape index (κ2) is 7.78. The normalized spacial score (nSPS) is 12.2. The molecule has 0 spiro atoms. The Balaban J connectivity index is 1.62. The van der Waals surface area contributed by atoms with Crippen LogP contribution < -0.4 is 0 Å². The molecule has 0 aliphatic carbocycles. The summed E-state index contributed by atoms with van der Waals surface area (Å²) >= 11 is 1.61. The van der Waals surface area contributed by atoms with Gasteiger partial charge in [-0.2, -0.15) is 0 Å². The van der Waals surface area contributed by atoms with Gasteiger partial charge in [-0.15, -0.1) is 11.3 Å². The zero-order chi connectivity index (χ0) is 18.7. The minimum absolute atomic E-state index is 0.00377. The number of aromatic nitrogens is 1. The van der Waals surface area contributed by atoms with Crippen LogP contribution >= 0.6 is 11.3 Å². The summed E-state index contributed by atoms with van der Waals surface area (Å²) in [5.74, 6) is -0.842. The number of carbonyl (C=O) groups excluding carboxylic acids is 1. The zero-order valence-electron chi connectivity index (χ0n) is 14.4. The average Bonchev–Trinajstić information content (AvgIpc) is 3.30. The van der Waals surface area contributed by atoms with E-state index in [9.17, 15) is 13.6 Å². The third-order valence-electron chi connectivity index (χ3n) is 4.23. The SMILES string of the molecule is CC(c1cccs1)N(C)C(=O)CCc1ncc(-c2ccc(F)cc2F)o1. The fourth-order valence-electron chi connectivity index (χ4n) is 2.57. The van der Waals surface area contributed by atoms with Crippen molar-refractivity contribution in [1.82, 2.24) is 9.88 Å². The number of benzene rings is 1. The van der Waals surface area contributed by atoms with E-state index in [-0.39, 0.29) is 29.7 Å². The van der Waals surface area contributed by atoms with Crippen molar-refractivity contribution in [1.29, 1.82) is 0 Å². The lowest BCUT2D eigenvalue weighted by Crippen LogP contribution is -2.29. The molecular weight excluding hydrogens is 358 g/mol. The lowest BCUT2D eigenvalue weighted by Gasteiger charge is -2.23. The second-order valence-corrected chi connectivity index (χ2v) is 6.92. The molecule has 0 saturated carbocycles. The number of halogens is 2. The first-order valence-electron chi connectivity index (χ1n) is 8.15. The van der Waals surface area contributed by atoms with Gasteiger partial charge < -0.3 is 9.32 Å². The predicted octanol–water partition coefficient (Wildman–Crippen LogP) is 4.83. The molecule has 3 aromatic rings. The Morgan fingerprint density at radius 2 is 2.15 bits per heavy atom. The molecule has 1 atom stereocenters. The van der Waals surface area contributed by atoms with Crippen LogP contribution in [-0.4, -0.2) is 22.8 Å². The Bertz CT molecular complexity index is 893. The van der Waals surface area contributed by atoms with Gasteiger partial charge in [-0.3, -0.25) is 4.79 Å². The number of hydrogen-bond donors (Lipinski definition) is 0. The molecular formula is C19H18F2N2O2S. The minimum Gasteiger partial charge on any atom is -0.441 e. The Morgan fingerprint density at radius 3 is 2.85 bits per heavy atom. The van der Waals surface area contributed by atoms with Crippen LogP contribution in [0.5, 0.6) is 0 Å². The zero-order valence-corrected chi connectivity index (χ0v) is 15.2. The highest BCUT2D eigenvalue weighted by Crippen LogP contribution is 2.26. The van der Waals surface area contributed by atoms with Gasteiger partial charge in [0.2, 0.25) is 5.91 Å². The van der Waals surface area contributed by atoms with E-state index in [1.165, 1.54) is 12.3 Å². The van der Waals surface area contributed by atoms with Crippen LogP contribution in [0.1, 0.15) is 30.2 Å². The summed E-state index contributed by atoms with van der Waals surface area (Å²) in [4.78, 5) is 19.3. The predicted molar refractivity (Wildman–Crippen MR) is 95.7 cm³/mol. The quantitative estimate of drug-likeness (QED) is 0.619. The topological polar surface area (TPSA) is 46.3 Å². The van der Waals surface area contributed by atoms with E-state index in [1.807, 2.05) is 24.4 Å². The smallest absolute Gasteiger partial charge is 0.223 e. The molecule has 1 unspecified atom stereocenters. The summed E-state index contributed by atoms with van der Waals surface area (Å²) in [7, 11) is 1.77. The van der Waals surface area contributed by atoms with Crippen molar-refractivity contribution in [3.8, 4) is 11.3 Å². The molecule has 0 aliphatic rings. The molecule has 0 N–H and O–H groups in total. The highest BCUT2D eigenvalue weighted by molar-refractivity contribution is 7.10. The van der Waals surface area contributed by atoms with E-state index < -0.39 is 11.6 Å². The van der Waals surface area contributed by atoms with Gasteiger partial charge >= 0.3 is 0 Å². The second-order valence-electron chi connectivity index (χ2n) is 5.94. The van der Waals surface area contributed by atoms with Gasteiger partial charge in [0.15, 0.2) is 11.7 Å². The Hall–Kier alpha value is -2.54. The molecule has 0 radical (unpaired) electrons. The summed E-state index contributed by atoms with van der Waals surface area (Å²) in [6, 6.07) is 7.20. The fourth-order valence-corrected chi connectivity index (χ4v) is 3.39. The highest BCUT2D eigenvalue weighted by atomic mass is 32.1. The van der Waals surface area contributed by atoms with Crippen molar-refractivity contribution >= 4 is 17.2 Å². The first-order valence-corrected chi connectivity index (χ1v) is 9.03. The van der Waals surface area contributed by atoms with Crippen molar-refractivity contribution in [2.24, 2.45) is 0 Å². The highest BCUT2D eigenvalue weighted by Gasteiger charge is 2.19. The number of amides is 1. The molecule has 4 nitrogen and oxygen atoms in total. The molecule has 0 aliphatic heterocycles. The maximum atomic E-state index is 13.8. The van der Waals surface area contributed by atoms with Gasteiger partial charge in [0, 0.05) is 30.8 Å². The van der Waals surface area contributed by atoms with Gasteiger partial charge in [-0.1, -0.05) is 6.07 Å². The molecule has 2 aromatic heterocycles. The molecule has 26 heavy (non-hydrogen) atoms. The average molecular weight is 376 g/mol. The number of nitrogens with zero attached hydrogens (tertiary/aromatic N) is 2. The first kappa shape index (κ1) is 18.3. The summed E-state index contributed by atoms with van der Waals surface area (Å²) in [5, 5.41) is 1.98. The summed E-state index contributed by atoms with van der Waals surface area (Å²) < 4.78 is 32.3. The van der Waals surface area contributed by atoms with Crippen LogP contribution in [0.15, 0.2) is 46.3 Å². The monoisotopic (exact) mass is 376 g/mol. The molecule has 3 rings (SSSR count). The Labute approximate surface area is 154 Å². The van der Waals surface area contributed by atoms with Crippen LogP contribution in [0.3, 0.4) is 0 Å².